The number of rotatable bonds is 0. The van der Waals surface area contributed by atoms with Crippen molar-refractivity contribution in [2.45, 2.75) is 0 Å². The van der Waals surface area contributed by atoms with Crippen molar-refractivity contribution in [3.8, 4) is 24.3 Å². The molecule has 0 aromatic heterocycles. The predicted molar refractivity (Wildman–Crippen MR) is 104 cm³/mol. The fourth-order valence-electron chi connectivity index (χ4n) is 3.78. The minimum atomic E-state index is -1.70. The number of hydrogen-bond acceptors (Lipinski definition) is 8. The standard InChI is InChI=1S/C20H8F4N8/c1-31-17-10-9(11(21)14(24)16(17)30-19(31)7(3-25)4-26)12(22)15-18(13(10)23)32(2)20(29-15)8(5-27)6-28/h29-30H,1-2H3. The molecule has 0 saturated carbocycles. The van der Waals surface area contributed by atoms with Crippen LogP contribution in [0.2, 0.25) is 0 Å². The van der Waals surface area contributed by atoms with Crippen LogP contribution in [0.5, 0.6) is 0 Å². The maximum Gasteiger partial charge on any atom is 0.185 e. The first-order valence-corrected chi connectivity index (χ1v) is 8.69. The number of anilines is 4. The molecule has 0 saturated heterocycles. The fraction of sp³-hybridized carbons (Fsp3) is 0.100. The Morgan fingerprint density at radius 2 is 1.06 bits per heavy atom. The first-order valence-electron chi connectivity index (χ1n) is 8.69. The lowest BCUT2D eigenvalue weighted by Crippen LogP contribution is -2.18. The summed E-state index contributed by atoms with van der Waals surface area (Å²) in [6.07, 6.45) is 0. The van der Waals surface area contributed by atoms with Gasteiger partial charge in [-0.15, -0.1) is 0 Å². The zero-order valence-corrected chi connectivity index (χ0v) is 16.2. The van der Waals surface area contributed by atoms with Crippen molar-refractivity contribution >= 4 is 33.5 Å². The molecule has 156 valence electrons. The normalized spacial score (nSPS) is 13.4. The van der Waals surface area contributed by atoms with E-state index in [0.29, 0.717) is 0 Å². The first kappa shape index (κ1) is 20.3. The number of halogens is 4. The van der Waals surface area contributed by atoms with Crippen molar-refractivity contribution in [3.63, 3.8) is 0 Å². The Labute approximate surface area is 177 Å². The Kier molecular flexibility index (Phi) is 4.32. The Morgan fingerprint density at radius 1 is 0.625 bits per heavy atom. The smallest absolute Gasteiger partial charge is 0.185 e. The average molecular weight is 436 g/mol. The van der Waals surface area contributed by atoms with Gasteiger partial charge in [0.05, 0.1) is 16.5 Å². The summed E-state index contributed by atoms with van der Waals surface area (Å²) in [7, 11) is 2.52. The molecule has 32 heavy (non-hydrogen) atoms. The van der Waals surface area contributed by atoms with Crippen molar-refractivity contribution < 1.29 is 17.6 Å². The number of nitriles is 4. The molecule has 2 N–H and O–H groups in total. The second-order valence-electron chi connectivity index (χ2n) is 6.72. The maximum atomic E-state index is 15.8. The van der Waals surface area contributed by atoms with E-state index in [-0.39, 0.29) is 17.3 Å². The third-order valence-electron chi connectivity index (χ3n) is 5.21. The van der Waals surface area contributed by atoms with E-state index < -0.39 is 62.2 Å². The van der Waals surface area contributed by atoms with E-state index in [9.17, 15) is 8.78 Å². The number of nitrogens with one attached hydrogen (secondary N) is 2. The summed E-state index contributed by atoms with van der Waals surface area (Å²) in [6, 6.07) is 6.36. The van der Waals surface area contributed by atoms with Gasteiger partial charge in [-0.2, -0.15) is 21.0 Å². The van der Waals surface area contributed by atoms with Crippen molar-refractivity contribution in [3.05, 3.63) is 46.1 Å². The van der Waals surface area contributed by atoms with Crippen LogP contribution in [0.25, 0.3) is 10.8 Å². The van der Waals surface area contributed by atoms with Crippen LogP contribution in [0.1, 0.15) is 0 Å². The second kappa shape index (κ2) is 6.80. The van der Waals surface area contributed by atoms with Gasteiger partial charge in [0.25, 0.3) is 0 Å². The van der Waals surface area contributed by atoms with Gasteiger partial charge in [-0.1, -0.05) is 0 Å². The van der Waals surface area contributed by atoms with Gasteiger partial charge in [0.1, 0.15) is 53.0 Å². The monoisotopic (exact) mass is 436 g/mol. The maximum absolute atomic E-state index is 15.8. The van der Waals surface area contributed by atoms with Crippen molar-refractivity contribution in [2.75, 3.05) is 34.5 Å². The minimum Gasteiger partial charge on any atom is -0.336 e. The van der Waals surface area contributed by atoms with Gasteiger partial charge < -0.3 is 20.4 Å². The Balaban J connectivity index is 2.16. The summed E-state index contributed by atoms with van der Waals surface area (Å²) in [5.74, 6) is -6.23. The zero-order valence-electron chi connectivity index (χ0n) is 16.2. The van der Waals surface area contributed by atoms with Crippen LogP contribution in [0.15, 0.2) is 22.8 Å². The number of allylic oxidation sites excluding steroid dienone is 2. The summed E-state index contributed by atoms with van der Waals surface area (Å²) in [5, 5.41) is 39.6. The molecule has 8 nitrogen and oxygen atoms in total. The molecule has 0 spiro atoms. The highest BCUT2D eigenvalue weighted by atomic mass is 19.2. The minimum absolute atomic E-state index is 0.237. The van der Waals surface area contributed by atoms with Crippen LogP contribution in [0, 0.1) is 68.6 Å². The molecule has 2 aliphatic heterocycles. The van der Waals surface area contributed by atoms with Crippen molar-refractivity contribution in [1.29, 1.82) is 21.0 Å². The molecule has 0 aliphatic carbocycles. The molecular formula is C20H8F4N8. The van der Waals surface area contributed by atoms with Gasteiger partial charge in [-0.25, -0.2) is 17.6 Å². The van der Waals surface area contributed by atoms with Crippen molar-refractivity contribution in [2.24, 2.45) is 0 Å². The lowest BCUT2D eigenvalue weighted by Gasteiger charge is -2.19. The van der Waals surface area contributed by atoms with Gasteiger partial charge in [0.2, 0.25) is 0 Å². The van der Waals surface area contributed by atoms with E-state index >= 15 is 8.78 Å². The number of fused-ring (bicyclic) bond motifs is 4. The van der Waals surface area contributed by atoms with Crippen molar-refractivity contribution in [1.82, 2.24) is 0 Å². The molecule has 2 aliphatic rings. The second-order valence-corrected chi connectivity index (χ2v) is 6.72. The third-order valence-corrected chi connectivity index (χ3v) is 5.21. The van der Waals surface area contributed by atoms with Crippen LogP contribution in [-0.2, 0) is 0 Å². The van der Waals surface area contributed by atoms with Gasteiger partial charge in [0, 0.05) is 14.1 Å². The van der Waals surface area contributed by atoms with Crippen LogP contribution in [-0.4, -0.2) is 14.1 Å². The van der Waals surface area contributed by atoms with Crippen LogP contribution in [0.3, 0.4) is 0 Å². The quantitative estimate of drug-likeness (QED) is 0.474. The summed E-state index contributed by atoms with van der Waals surface area (Å²) in [4.78, 5) is 2.06. The van der Waals surface area contributed by atoms with E-state index in [1.54, 1.807) is 24.3 Å². The number of hydrogen-bond donors (Lipinski definition) is 2. The summed E-state index contributed by atoms with van der Waals surface area (Å²) < 4.78 is 60.9. The summed E-state index contributed by atoms with van der Waals surface area (Å²) in [5.41, 5.74) is -2.90. The van der Waals surface area contributed by atoms with E-state index in [0.717, 1.165) is 9.80 Å². The molecular weight excluding hydrogens is 428 g/mol. The lowest BCUT2D eigenvalue weighted by atomic mass is 10.0. The molecule has 2 heterocycles. The van der Waals surface area contributed by atoms with Crippen LogP contribution < -0.4 is 20.4 Å². The van der Waals surface area contributed by atoms with Crippen LogP contribution >= 0.6 is 0 Å². The van der Waals surface area contributed by atoms with E-state index in [4.69, 9.17) is 21.0 Å². The van der Waals surface area contributed by atoms with Gasteiger partial charge in [-0.05, 0) is 0 Å². The third kappa shape index (κ3) is 2.32. The highest BCUT2D eigenvalue weighted by Crippen LogP contribution is 2.52. The molecule has 0 atom stereocenters. The molecule has 0 unspecified atom stereocenters. The molecule has 12 heteroatoms. The number of nitrogens with zero attached hydrogens (tertiary/aromatic N) is 6. The molecule has 0 radical (unpaired) electrons. The van der Waals surface area contributed by atoms with E-state index in [1.165, 1.54) is 14.1 Å². The highest BCUT2D eigenvalue weighted by Gasteiger charge is 2.39. The average Bonchev–Trinajstić information content (AvgIpc) is 3.30. The molecule has 0 bridgehead atoms. The Morgan fingerprint density at radius 3 is 1.53 bits per heavy atom. The summed E-state index contributed by atoms with van der Waals surface area (Å²) in [6.45, 7) is 0. The molecule has 2 aromatic rings. The first-order chi connectivity index (χ1) is 15.2. The molecule has 0 fully saturated rings. The van der Waals surface area contributed by atoms with Crippen LogP contribution in [0.4, 0.5) is 40.3 Å². The van der Waals surface area contributed by atoms with Gasteiger partial charge >= 0.3 is 0 Å². The largest absolute Gasteiger partial charge is 0.336 e. The SMILES string of the molecule is CN1C(=C(C#N)C#N)Nc2c1c(F)c1c3c(c(F)c(F)c1c2F)NC(=C(C#N)C#N)N3C. The van der Waals surface area contributed by atoms with E-state index in [1.807, 2.05) is 0 Å². The van der Waals surface area contributed by atoms with Gasteiger partial charge in [0.15, 0.2) is 34.4 Å². The zero-order chi connectivity index (χ0) is 23.5. The Bertz CT molecular complexity index is 1460. The fourth-order valence-corrected chi connectivity index (χ4v) is 3.78. The topological polar surface area (TPSA) is 126 Å². The highest BCUT2D eigenvalue weighted by molar-refractivity contribution is 6.10. The molecule has 0 amide bonds. The Hall–Kier alpha value is -4.94. The predicted octanol–water partition coefficient (Wildman–Crippen LogP) is 3.64. The molecule has 2 aromatic carbocycles. The van der Waals surface area contributed by atoms with E-state index in [2.05, 4.69) is 10.6 Å². The molecule has 4 rings (SSSR count). The number of benzene rings is 2. The summed E-state index contributed by atoms with van der Waals surface area (Å²) >= 11 is 0. The lowest BCUT2D eigenvalue weighted by molar-refractivity contribution is 0.514. The van der Waals surface area contributed by atoms with Gasteiger partial charge in [-0.3, -0.25) is 0 Å².